The number of aryl methyl sites for hydroxylation is 1. The van der Waals surface area contributed by atoms with Crippen LogP contribution in [0.5, 0.6) is 11.5 Å². The highest BCUT2D eigenvalue weighted by Gasteiger charge is 2.16. The molecule has 6 nitrogen and oxygen atoms in total. The third-order valence-electron chi connectivity index (χ3n) is 3.96. The van der Waals surface area contributed by atoms with Crippen molar-refractivity contribution in [2.45, 2.75) is 12.8 Å². The first kappa shape index (κ1) is 16.8. The molecule has 1 aliphatic heterocycles. The molecule has 2 amide bonds. The van der Waals surface area contributed by atoms with Gasteiger partial charge in [-0.15, -0.1) is 0 Å². The Morgan fingerprint density at radius 1 is 1.16 bits per heavy atom. The number of carbonyl (C=O) groups excluding carboxylic acids is 2. The van der Waals surface area contributed by atoms with Crippen molar-refractivity contribution >= 4 is 17.5 Å². The van der Waals surface area contributed by atoms with E-state index in [-0.39, 0.29) is 11.8 Å². The lowest BCUT2D eigenvalue weighted by Gasteiger charge is -2.17. The van der Waals surface area contributed by atoms with Crippen LogP contribution in [0.3, 0.4) is 0 Å². The lowest BCUT2D eigenvalue weighted by molar-refractivity contribution is -0.116. The highest BCUT2D eigenvalue weighted by molar-refractivity contribution is 5.97. The molecule has 2 N–H and O–H groups in total. The number of methoxy groups -OCH3 is 1. The Kier molecular flexibility index (Phi) is 5.18. The van der Waals surface area contributed by atoms with E-state index in [9.17, 15) is 9.59 Å². The fraction of sp³-hybridized carbons (Fsp3) is 0.263. The smallest absolute Gasteiger partial charge is 0.251 e. The second kappa shape index (κ2) is 7.70. The Balaban J connectivity index is 1.50. The number of hydrogen-bond donors (Lipinski definition) is 2. The van der Waals surface area contributed by atoms with Crippen molar-refractivity contribution in [1.82, 2.24) is 5.32 Å². The molecule has 6 heteroatoms. The molecule has 0 atom stereocenters. The van der Waals surface area contributed by atoms with E-state index in [1.165, 1.54) is 0 Å². The number of rotatable bonds is 6. The van der Waals surface area contributed by atoms with Crippen LogP contribution in [-0.4, -0.2) is 32.1 Å². The molecule has 3 rings (SSSR count). The van der Waals surface area contributed by atoms with Crippen LogP contribution in [0.25, 0.3) is 0 Å². The average Bonchev–Trinajstić information content (AvgIpc) is 2.64. The number of amides is 2. The Labute approximate surface area is 146 Å². The molecule has 0 unspecified atom stereocenters. The van der Waals surface area contributed by atoms with Crippen LogP contribution in [0.1, 0.15) is 22.3 Å². The van der Waals surface area contributed by atoms with Gasteiger partial charge >= 0.3 is 0 Å². The molecule has 2 aromatic rings. The summed E-state index contributed by atoms with van der Waals surface area (Å²) >= 11 is 0. The van der Waals surface area contributed by atoms with Gasteiger partial charge in [-0.25, -0.2) is 0 Å². The van der Waals surface area contributed by atoms with Crippen molar-refractivity contribution in [1.29, 1.82) is 0 Å². The molecule has 0 aromatic heterocycles. The van der Waals surface area contributed by atoms with E-state index in [4.69, 9.17) is 9.47 Å². The van der Waals surface area contributed by atoms with E-state index in [0.29, 0.717) is 37.3 Å². The third-order valence-corrected chi connectivity index (χ3v) is 3.96. The largest absolute Gasteiger partial charge is 0.497 e. The van der Waals surface area contributed by atoms with Gasteiger partial charge in [0.2, 0.25) is 5.91 Å². The molecule has 25 heavy (non-hydrogen) atoms. The zero-order valence-corrected chi connectivity index (χ0v) is 14.0. The Morgan fingerprint density at radius 3 is 2.84 bits per heavy atom. The zero-order chi connectivity index (χ0) is 17.6. The molecule has 1 heterocycles. The number of ether oxygens (including phenoxy) is 2. The molecule has 0 radical (unpaired) electrons. The first-order valence-electron chi connectivity index (χ1n) is 8.13. The van der Waals surface area contributed by atoms with Crippen molar-refractivity contribution in [3.63, 3.8) is 0 Å². The molecule has 0 saturated heterocycles. The Morgan fingerprint density at radius 2 is 2.00 bits per heavy atom. The van der Waals surface area contributed by atoms with E-state index in [1.54, 1.807) is 25.3 Å². The number of nitrogens with one attached hydrogen (secondary N) is 2. The average molecular weight is 340 g/mol. The van der Waals surface area contributed by atoms with Gasteiger partial charge in [-0.3, -0.25) is 9.59 Å². The number of carbonyl (C=O) groups is 2. The van der Waals surface area contributed by atoms with Gasteiger partial charge < -0.3 is 20.1 Å². The van der Waals surface area contributed by atoms with Crippen molar-refractivity contribution in [3.05, 3.63) is 53.6 Å². The van der Waals surface area contributed by atoms with Crippen LogP contribution < -0.4 is 20.1 Å². The van der Waals surface area contributed by atoms with Crippen LogP contribution in [0.4, 0.5) is 5.69 Å². The van der Waals surface area contributed by atoms with Gasteiger partial charge in [-0.2, -0.15) is 0 Å². The number of benzene rings is 2. The maximum Gasteiger partial charge on any atom is 0.251 e. The van der Waals surface area contributed by atoms with Crippen LogP contribution in [-0.2, 0) is 11.2 Å². The number of anilines is 1. The molecular weight excluding hydrogens is 320 g/mol. The van der Waals surface area contributed by atoms with E-state index in [2.05, 4.69) is 10.6 Å². The summed E-state index contributed by atoms with van der Waals surface area (Å²) in [6.07, 6.45) is 1.10. The van der Waals surface area contributed by atoms with Crippen molar-refractivity contribution in [3.8, 4) is 11.5 Å². The van der Waals surface area contributed by atoms with Gasteiger partial charge in [-0.1, -0.05) is 6.07 Å². The number of fused-ring (bicyclic) bond motifs is 1. The summed E-state index contributed by atoms with van der Waals surface area (Å²) in [6.45, 7) is 0.754. The van der Waals surface area contributed by atoms with E-state index < -0.39 is 0 Å². The molecule has 0 bridgehead atoms. The zero-order valence-electron chi connectivity index (χ0n) is 14.0. The third kappa shape index (κ3) is 4.29. The van der Waals surface area contributed by atoms with E-state index in [1.807, 2.05) is 24.3 Å². The minimum atomic E-state index is -0.158. The minimum absolute atomic E-state index is 0.0133. The summed E-state index contributed by atoms with van der Waals surface area (Å²) < 4.78 is 10.7. The van der Waals surface area contributed by atoms with Crippen LogP contribution in [0, 0.1) is 0 Å². The minimum Gasteiger partial charge on any atom is -0.497 e. The highest BCUT2D eigenvalue weighted by Crippen LogP contribution is 2.23. The summed E-state index contributed by atoms with van der Waals surface area (Å²) in [4.78, 5) is 23.6. The fourth-order valence-corrected chi connectivity index (χ4v) is 2.65. The fourth-order valence-electron chi connectivity index (χ4n) is 2.65. The summed E-state index contributed by atoms with van der Waals surface area (Å²) in [7, 11) is 1.60. The van der Waals surface area contributed by atoms with Crippen molar-refractivity contribution < 1.29 is 19.1 Å². The second-order valence-corrected chi connectivity index (χ2v) is 5.70. The first-order valence-corrected chi connectivity index (χ1v) is 8.13. The maximum atomic E-state index is 12.2. The SMILES string of the molecule is COc1cccc(OCCNC(=O)c2ccc3c(c2)CCC(=O)N3)c1. The van der Waals surface area contributed by atoms with Crippen LogP contribution in [0.2, 0.25) is 0 Å². The lowest BCUT2D eigenvalue weighted by Crippen LogP contribution is -2.28. The van der Waals surface area contributed by atoms with Gasteiger partial charge in [0.05, 0.1) is 13.7 Å². The molecule has 0 saturated carbocycles. The second-order valence-electron chi connectivity index (χ2n) is 5.70. The molecular formula is C19H20N2O4. The first-order chi connectivity index (χ1) is 12.2. The maximum absolute atomic E-state index is 12.2. The van der Waals surface area contributed by atoms with Crippen LogP contribution >= 0.6 is 0 Å². The summed E-state index contributed by atoms with van der Waals surface area (Å²) in [5.74, 6) is 1.27. The topological polar surface area (TPSA) is 76.7 Å². The molecule has 130 valence electrons. The van der Waals surface area contributed by atoms with Gasteiger partial charge in [0, 0.05) is 23.7 Å². The monoisotopic (exact) mass is 340 g/mol. The van der Waals surface area contributed by atoms with E-state index in [0.717, 1.165) is 17.0 Å². The lowest BCUT2D eigenvalue weighted by atomic mass is 10.00. The van der Waals surface area contributed by atoms with Gasteiger partial charge in [0.1, 0.15) is 18.1 Å². The van der Waals surface area contributed by atoms with Gasteiger partial charge in [0.15, 0.2) is 0 Å². The van der Waals surface area contributed by atoms with Gasteiger partial charge in [0.25, 0.3) is 5.91 Å². The number of hydrogen-bond acceptors (Lipinski definition) is 4. The highest BCUT2D eigenvalue weighted by atomic mass is 16.5. The van der Waals surface area contributed by atoms with Crippen molar-refractivity contribution in [2.24, 2.45) is 0 Å². The summed E-state index contributed by atoms with van der Waals surface area (Å²) in [5, 5.41) is 5.64. The molecule has 0 fully saturated rings. The van der Waals surface area contributed by atoms with E-state index >= 15 is 0 Å². The molecule has 2 aromatic carbocycles. The molecule has 0 aliphatic carbocycles. The predicted octanol–water partition coefficient (Wildman–Crippen LogP) is 2.39. The normalized spacial score (nSPS) is 12.8. The quantitative estimate of drug-likeness (QED) is 0.792. The van der Waals surface area contributed by atoms with Crippen molar-refractivity contribution in [2.75, 3.05) is 25.6 Å². The van der Waals surface area contributed by atoms with Gasteiger partial charge in [-0.05, 0) is 42.3 Å². The van der Waals surface area contributed by atoms with Crippen LogP contribution in [0.15, 0.2) is 42.5 Å². The summed E-state index contributed by atoms with van der Waals surface area (Å²) in [6, 6.07) is 12.6. The predicted molar refractivity (Wildman–Crippen MR) is 94.2 cm³/mol. The standard InChI is InChI=1S/C19H20N2O4/c1-24-15-3-2-4-16(12-15)25-10-9-20-19(23)14-5-7-17-13(11-14)6-8-18(22)21-17/h2-5,7,11-12H,6,8-10H2,1H3,(H,20,23)(H,21,22). The Bertz CT molecular complexity index is 789. The summed E-state index contributed by atoms with van der Waals surface area (Å²) in [5.41, 5.74) is 2.35. The molecule has 0 spiro atoms. The molecule has 1 aliphatic rings. The Hall–Kier alpha value is -3.02.